The smallest absolute Gasteiger partial charge is 0.224 e. The molecule has 0 radical (unpaired) electrons. The summed E-state index contributed by atoms with van der Waals surface area (Å²) in [5, 5.41) is 25.0. The van der Waals surface area contributed by atoms with Crippen molar-refractivity contribution in [3.05, 3.63) is 84.4 Å². The highest BCUT2D eigenvalue weighted by atomic mass is 16.3. The highest BCUT2D eigenvalue weighted by molar-refractivity contribution is 5.86. The Balaban J connectivity index is 1.92. The van der Waals surface area contributed by atoms with Crippen molar-refractivity contribution in [1.82, 2.24) is 10.6 Å². The third-order valence-corrected chi connectivity index (χ3v) is 5.06. The maximum Gasteiger partial charge on any atom is 0.224 e. The highest BCUT2D eigenvalue weighted by Gasteiger charge is 2.24. The van der Waals surface area contributed by atoms with Crippen LogP contribution in [0.5, 0.6) is 0 Å². The lowest BCUT2D eigenvalue weighted by atomic mass is 9.98. The first kappa shape index (κ1) is 24.3. The molecule has 0 unspecified atom stereocenters. The maximum absolute atomic E-state index is 12.8. The van der Waals surface area contributed by atoms with Crippen LogP contribution in [0.2, 0.25) is 0 Å². The van der Waals surface area contributed by atoms with Gasteiger partial charge in [-0.2, -0.15) is 0 Å². The van der Waals surface area contributed by atoms with E-state index in [9.17, 15) is 19.8 Å². The molecule has 2 amide bonds. The van der Waals surface area contributed by atoms with Crippen LogP contribution in [0.4, 0.5) is 0 Å². The van der Waals surface area contributed by atoms with Crippen LogP contribution in [-0.4, -0.2) is 47.3 Å². The number of allylic oxidation sites excluding steroid dienone is 1. The Morgan fingerprint density at radius 3 is 1.77 bits per heavy atom. The van der Waals surface area contributed by atoms with Crippen molar-refractivity contribution in [2.45, 2.75) is 37.8 Å². The minimum atomic E-state index is -0.599. The van der Waals surface area contributed by atoms with Gasteiger partial charge in [-0.1, -0.05) is 66.7 Å². The van der Waals surface area contributed by atoms with Gasteiger partial charge in [-0.05, 0) is 30.4 Å². The third-order valence-electron chi connectivity index (χ3n) is 5.06. The quantitative estimate of drug-likeness (QED) is 0.370. The van der Waals surface area contributed by atoms with Crippen molar-refractivity contribution >= 4 is 11.8 Å². The molecule has 0 aliphatic carbocycles. The second-order valence-corrected chi connectivity index (χ2v) is 7.64. The van der Waals surface area contributed by atoms with Gasteiger partial charge in [-0.3, -0.25) is 9.59 Å². The van der Waals surface area contributed by atoms with Crippen LogP contribution in [0.15, 0.2) is 73.3 Å². The minimum absolute atomic E-state index is 0.0212. The molecule has 4 N–H and O–H groups in total. The molecule has 166 valence electrons. The van der Waals surface area contributed by atoms with E-state index in [-0.39, 0.29) is 31.4 Å². The van der Waals surface area contributed by atoms with Crippen LogP contribution >= 0.6 is 0 Å². The van der Waals surface area contributed by atoms with Crippen LogP contribution in [0, 0.1) is 5.92 Å². The summed E-state index contributed by atoms with van der Waals surface area (Å²) in [6.07, 6.45) is 2.93. The van der Waals surface area contributed by atoms with Crippen LogP contribution in [0.3, 0.4) is 0 Å². The van der Waals surface area contributed by atoms with Gasteiger partial charge >= 0.3 is 0 Å². The zero-order valence-corrected chi connectivity index (χ0v) is 17.7. The Hall–Kier alpha value is -2.96. The summed E-state index contributed by atoms with van der Waals surface area (Å²) in [6.45, 7) is 3.30. The number of nitrogens with one attached hydrogen (secondary N) is 2. The van der Waals surface area contributed by atoms with E-state index in [1.165, 1.54) is 0 Å². The Morgan fingerprint density at radius 2 is 1.32 bits per heavy atom. The number of hydrogen-bond acceptors (Lipinski definition) is 4. The van der Waals surface area contributed by atoms with Gasteiger partial charge in [0.15, 0.2) is 0 Å². The molecule has 6 heteroatoms. The molecular weight excluding hydrogens is 392 g/mol. The van der Waals surface area contributed by atoms with E-state index in [2.05, 4.69) is 17.2 Å². The van der Waals surface area contributed by atoms with Gasteiger partial charge < -0.3 is 20.8 Å². The predicted molar refractivity (Wildman–Crippen MR) is 121 cm³/mol. The molecule has 0 heterocycles. The molecular formula is C25H32N2O4. The second-order valence-electron chi connectivity index (χ2n) is 7.64. The van der Waals surface area contributed by atoms with E-state index < -0.39 is 18.0 Å². The summed E-state index contributed by atoms with van der Waals surface area (Å²) in [7, 11) is 0. The van der Waals surface area contributed by atoms with Gasteiger partial charge in [-0.25, -0.2) is 0 Å². The summed E-state index contributed by atoms with van der Waals surface area (Å²) in [4.78, 5) is 25.3. The largest absolute Gasteiger partial charge is 0.394 e. The first-order chi connectivity index (χ1) is 15.0. The zero-order valence-electron chi connectivity index (χ0n) is 17.7. The van der Waals surface area contributed by atoms with Crippen LogP contribution in [0.25, 0.3) is 0 Å². The van der Waals surface area contributed by atoms with Crippen molar-refractivity contribution in [3.63, 3.8) is 0 Å². The Morgan fingerprint density at radius 1 is 0.839 bits per heavy atom. The van der Waals surface area contributed by atoms with Gasteiger partial charge in [0.2, 0.25) is 11.8 Å². The Labute approximate surface area is 184 Å². The van der Waals surface area contributed by atoms with Crippen molar-refractivity contribution in [1.29, 1.82) is 0 Å². The van der Waals surface area contributed by atoms with Gasteiger partial charge in [0.05, 0.1) is 31.2 Å². The fourth-order valence-electron chi connectivity index (χ4n) is 3.43. The van der Waals surface area contributed by atoms with Crippen molar-refractivity contribution < 1.29 is 19.8 Å². The third kappa shape index (κ3) is 8.74. The van der Waals surface area contributed by atoms with Crippen LogP contribution in [-0.2, 0) is 22.4 Å². The van der Waals surface area contributed by atoms with E-state index in [0.717, 1.165) is 11.1 Å². The first-order valence-electron chi connectivity index (χ1n) is 10.6. The van der Waals surface area contributed by atoms with Crippen LogP contribution < -0.4 is 10.6 Å². The average molecular weight is 425 g/mol. The lowest BCUT2D eigenvalue weighted by Crippen LogP contribution is -2.45. The number of hydrogen-bond donors (Lipinski definition) is 4. The number of rotatable bonds is 13. The van der Waals surface area contributed by atoms with Gasteiger partial charge in [0, 0.05) is 6.42 Å². The number of aliphatic hydroxyl groups excluding tert-OH is 2. The summed E-state index contributed by atoms with van der Waals surface area (Å²) in [5.74, 6) is -1.20. The molecule has 2 aromatic rings. The molecule has 0 aliphatic heterocycles. The second kappa shape index (κ2) is 13.4. The molecule has 0 saturated heterocycles. The normalized spacial score (nSPS) is 13.6. The lowest BCUT2D eigenvalue weighted by Gasteiger charge is -2.22. The average Bonchev–Trinajstić information content (AvgIpc) is 2.79. The summed E-state index contributed by atoms with van der Waals surface area (Å²) in [5.41, 5.74) is 2.01. The van der Waals surface area contributed by atoms with E-state index in [0.29, 0.717) is 19.3 Å². The molecule has 2 aromatic carbocycles. The maximum atomic E-state index is 12.8. The zero-order chi connectivity index (χ0) is 22.5. The van der Waals surface area contributed by atoms with Crippen molar-refractivity contribution in [2.24, 2.45) is 5.92 Å². The Kier molecular flexibility index (Phi) is 10.5. The molecule has 3 atom stereocenters. The molecule has 6 nitrogen and oxygen atoms in total. The van der Waals surface area contributed by atoms with Gasteiger partial charge in [0.1, 0.15) is 0 Å². The topological polar surface area (TPSA) is 98.7 Å². The molecule has 0 spiro atoms. The minimum Gasteiger partial charge on any atom is -0.394 e. The predicted octanol–water partition coefficient (Wildman–Crippen LogP) is 2.01. The molecule has 0 fully saturated rings. The first-order valence-corrected chi connectivity index (χ1v) is 10.6. The monoisotopic (exact) mass is 424 g/mol. The van der Waals surface area contributed by atoms with Crippen molar-refractivity contribution in [3.8, 4) is 0 Å². The molecule has 2 rings (SSSR count). The van der Waals surface area contributed by atoms with E-state index in [1.807, 2.05) is 60.7 Å². The fourth-order valence-corrected chi connectivity index (χ4v) is 3.43. The van der Waals surface area contributed by atoms with Crippen molar-refractivity contribution in [2.75, 3.05) is 13.2 Å². The van der Waals surface area contributed by atoms with Gasteiger partial charge in [-0.15, -0.1) is 6.58 Å². The highest BCUT2D eigenvalue weighted by Crippen LogP contribution is 2.12. The molecule has 0 saturated carbocycles. The standard InChI is InChI=1S/C25H32N2O4/c1-2-9-21(25(31)27-23(18-29)15-20-12-7-4-8-13-20)16-24(30)26-22(17-28)14-19-10-5-3-6-11-19/h2-8,10-13,21-23,28-29H,1,9,14-18H2,(H,26,30)(H,27,31)/t21-,22+,23+/m1/s1. The number of amides is 2. The molecule has 0 aromatic heterocycles. The van der Waals surface area contributed by atoms with Crippen LogP contribution in [0.1, 0.15) is 24.0 Å². The fraction of sp³-hybridized carbons (Fsp3) is 0.360. The number of aliphatic hydroxyl groups is 2. The molecule has 0 bridgehead atoms. The van der Waals surface area contributed by atoms with Gasteiger partial charge in [0.25, 0.3) is 0 Å². The number of benzene rings is 2. The van der Waals surface area contributed by atoms with E-state index in [4.69, 9.17) is 0 Å². The van der Waals surface area contributed by atoms with E-state index in [1.54, 1.807) is 6.08 Å². The molecule has 31 heavy (non-hydrogen) atoms. The lowest BCUT2D eigenvalue weighted by molar-refractivity contribution is -0.131. The number of carbonyl (C=O) groups is 2. The Bertz CT molecular complexity index is 811. The summed E-state index contributed by atoms with van der Waals surface area (Å²) in [6, 6.07) is 18.3. The SMILES string of the molecule is C=CC[C@H](CC(=O)N[C@H](CO)Cc1ccccc1)C(=O)N[C@H](CO)Cc1ccccc1. The molecule has 0 aliphatic rings. The number of carbonyl (C=O) groups excluding carboxylic acids is 2. The van der Waals surface area contributed by atoms with E-state index >= 15 is 0 Å². The summed E-state index contributed by atoms with van der Waals surface area (Å²) >= 11 is 0. The summed E-state index contributed by atoms with van der Waals surface area (Å²) < 4.78 is 0.